The summed E-state index contributed by atoms with van der Waals surface area (Å²) in [5.41, 5.74) is 0. The molecule has 4 fully saturated rings. The predicted molar refractivity (Wildman–Crippen MR) is 224 cm³/mol. The highest BCUT2D eigenvalue weighted by atomic mass is 16.7. The molecule has 0 aliphatic carbocycles. The van der Waals surface area contributed by atoms with Gasteiger partial charge in [-0.2, -0.15) is 0 Å². The van der Waals surface area contributed by atoms with Crippen LogP contribution in [0.1, 0.15) is 44.9 Å². The number of hydroxylamine groups is 2. The van der Waals surface area contributed by atoms with E-state index >= 15 is 0 Å². The van der Waals surface area contributed by atoms with Gasteiger partial charge in [0.1, 0.15) is 73.2 Å². The van der Waals surface area contributed by atoms with Gasteiger partial charge in [0.05, 0.1) is 65.3 Å². The number of hydrogen-bond donors (Lipinski definition) is 15. The van der Waals surface area contributed by atoms with Crippen LogP contribution in [0.25, 0.3) is 0 Å². The Labute approximate surface area is 399 Å². The monoisotopic (exact) mass is 1020 g/mol. The number of aliphatic hydroxyl groups is 12. The number of imide groups is 1. The Bertz CT molecular complexity index is 1670. The largest absolute Gasteiger partial charge is 0.394 e. The summed E-state index contributed by atoms with van der Waals surface area (Å²) in [5, 5.41) is 129. The molecule has 30 heteroatoms. The van der Waals surface area contributed by atoms with Crippen molar-refractivity contribution >= 4 is 35.5 Å². The number of unbranched alkanes of at least 4 members (excludes halogenated alkanes) is 2. The van der Waals surface area contributed by atoms with E-state index in [0.29, 0.717) is 17.9 Å². The van der Waals surface area contributed by atoms with Crippen LogP contribution in [-0.2, 0) is 62.0 Å². The second-order valence-corrected chi connectivity index (χ2v) is 16.9. The molecule has 30 nitrogen and oxygen atoms in total. The summed E-state index contributed by atoms with van der Waals surface area (Å²) in [6.07, 6.45) is -23.6. The number of nitrogens with one attached hydrogen (secondary N) is 3. The zero-order valence-corrected chi connectivity index (χ0v) is 38.0. The van der Waals surface area contributed by atoms with E-state index in [4.69, 9.17) is 33.3 Å². The molecular weight excluding hydrogens is 950 g/mol. The molecule has 0 bridgehead atoms. The van der Waals surface area contributed by atoms with Crippen LogP contribution in [0, 0.1) is 0 Å². The molecule has 4 aliphatic rings. The quantitative estimate of drug-likeness (QED) is 0.0256. The molecule has 402 valence electrons. The first-order chi connectivity index (χ1) is 33.3. The minimum atomic E-state index is -1.83. The van der Waals surface area contributed by atoms with Crippen LogP contribution in [0.5, 0.6) is 0 Å². The second-order valence-electron chi connectivity index (χ2n) is 16.9. The third kappa shape index (κ3) is 17.2. The lowest BCUT2D eigenvalue weighted by atomic mass is 9.99. The highest BCUT2D eigenvalue weighted by Crippen LogP contribution is 2.25. The summed E-state index contributed by atoms with van der Waals surface area (Å²) in [5.74, 6) is -4.24. The van der Waals surface area contributed by atoms with Gasteiger partial charge < -0.3 is 110 Å². The van der Waals surface area contributed by atoms with E-state index in [-0.39, 0.29) is 58.4 Å². The van der Waals surface area contributed by atoms with Gasteiger partial charge in [0, 0.05) is 32.4 Å². The summed E-state index contributed by atoms with van der Waals surface area (Å²) in [6, 6.07) is -1.11. The van der Waals surface area contributed by atoms with Crippen molar-refractivity contribution in [3.05, 3.63) is 0 Å². The van der Waals surface area contributed by atoms with Gasteiger partial charge in [-0.3, -0.25) is 28.9 Å². The molecule has 4 saturated heterocycles. The molecule has 5 amide bonds. The molecule has 0 spiro atoms. The fraction of sp³-hybridized carbons (Fsp3) is 0.850. The van der Waals surface area contributed by atoms with Crippen LogP contribution in [0.3, 0.4) is 0 Å². The Morgan fingerprint density at radius 1 is 0.571 bits per heavy atom. The second kappa shape index (κ2) is 29.1. The molecule has 16 atom stereocenters. The molecule has 0 aromatic rings. The van der Waals surface area contributed by atoms with Crippen LogP contribution in [0.15, 0.2) is 0 Å². The Hall–Kier alpha value is -3.74. The van der Waals surface area contributed by atoms with Gasteiger partial charge >= 0.3 is 5.97 Å². The van der Waals surface area contributed by atoms with Crippen molar-refractivity contribution in [2.45, 2.75) is 143 Å². The number of aliphatic hydroxyl groups excluding tert-OH is 12. The lowest BCUT2D eigenvalue weighted by Crippen LogP contribution is -2.60. The first-order valence-corrected chi connectivity index (χ1v) is 22.7. The van der Waals surface area contributed by atoms with E-state index in [1.54, 1.807) is 0 Å². The van der Waals surface area contributed by atoms with E-state index in [1.807, 2.05) is 0 Å². The molecule has 15 N–H and O–H groups in total. The Balaban J connectivity index is 1.37. The SMILES string of the molecule is O=C(CN(CC(=O)NCCO[C@@H]1O[C@H](CO)[C@@H](O)[C@H](O)[C@@H]1O)CC(=O)N[C@H](CCO[C@H]1O[C@H](CO)[C@@H](O)[C@H](O)[C@@H]1O)CO[C@H]1O[C@H](CO)[C@@H](O)[C@H](O)[C@@H]1O)NCCCCCC(=O)ON1C(=O)CCC1=O. The molecule has 0 saturated carbocycles. The maximum absolute atomic E-state index is 13.7. The zero-order chi connectivity index (χ0) is 51.7. The van der Waals surface area contributed by atoms with E-state index in [1.165, 1.54) is 0 Å². The van der Waals surface area contributed by atoms with Crippen molar-refractivity contribution in [1.82, 2.24) is 25.9 Å². The molecule has 4 aliphatic heterocycles. The smallest absolute Gasteiger partial charge is 0.333 e. The first-order valence-electron chi connectivity index (χ1n) is 22.7. The normalized spacial score (nSPS) is 33.0. The minimum Gasteiger partial charge on any atom is -0.394 e. The van der Waals surface area contributed by atoms with Gasteiger partial charge in [-0.15, -0.1) is 5.06 Å². The fourth-order valence-corrected chi connectivity index (χ4v) is 7.48. The number of rotatable bonds is 28. The van der Waals surface area contributed by atoms with E-state index in [0.717, 1.165) is 4.90 Å². The molecular formula is C40H67N5O25. The van der Waals surface area contributed by atoms with Gasteiger partial charge in [0.15, 0.2) is 18.9 Å². The standard InChI is InChI=1S/C40H67N5O25/c46-15-20-29(55)32(58)35(61)38(67-20)64-10-7-19(18-66-40-37(63)34(60)31(57)22(17-48)69-40)43-25(51)14-44(13-24(50)42-9-11-65-39-36(62)33(59)30(56)21(16-47)68-39)12-23(49)41-8-3-1-2-4-28(54)70-45-26(52)5-6-27(45)53/h19-22,29-40,46-48,55-63H,1-18H2,(H,41,49)(H,42,50)(H,43,51)/t19-,20-,21-,22-,29-,30-,31-,32+,33+,34+,35+,36+,37+,38+,39-,40+/m1/s1. The third-order valence-corrected chi connectivity index (χ3v) is 11.5. The molecule has 0 aromatic heterocycles. The number of ether oxygens (including phenoxy) is 6. The van der Waals surface area contributed by atoms with Crippen molar-refractivity contribution in [2.24, 2.45) is 0 Å². The van der Waals surface area contributed by atoms with Crippen molar-refractivity contribution in [1.29, 1.82) is 0 Å². The molecule has 0 aromatic carbocycles. The van der Waals surface area contributed by atoms with Crippen molar-refractivity contribution < 1.29 is 123 Å². The van der Waals surface area contributed by atoms with Crippen molar-refractivity contribution in [2.75, 3.05) is 72.4 Å². The van der Waals surface area contributed by atoms with E-state index in [2.05, 4.69) is 16.0 Å². The van der Waals surface area contributed by atoms with E-state index in [9.17, 15) is 90.0 Å². The average Bonchev–Trinajstić information content (AvgIpc) is 3.64. The van der Waals surface area contributed by atoms with Crippen LogP contribution < -0.4 is 16.0 Å². The summed E-state index contributed by atoms with van der Waals surface area (Å²) in [6.45, 7) is -5.35. The van der Waals surface area contributed by atoms with Gasteiger partial charge in [-0.1, -0.05) is 6.42 Å². The van der Waals surface area contributed by atoms with Gasteiger partial charge in [-0.05, 0) is 19.3 Å². The fourth-order valence-electron chi connectivity index (χ4n) is 7.48. The predicted octanol–water partition coefficient (Wildman–Crippen LogP) is -9.99. The Morgan fingerprint density at radius 3 is 1.50 bits per heavy atom. The highest BCUT2D eigenvalue weighted by Gasteiger charge is 2.46. The number of amides is 5. The minimum absolute atomic E-state index is 0.0569. The van der Waals surface area contributed by atoms with Gasteiger partial charge in [-0.25, -0.2) is 4.79 Å². The Kier molecular flexibility index (Phi) is 24.4. The van der Waals surface area contributed by atoms with Crippen LogP contribution >= 0.6 is 0 Å². The molecule has 0 unspecified atom stereocenters. The summed E-state index contributed by atoms with van der Waals surface area (Å²) >= 11 is 0. The highest BCUT2D eigenvalue weighted by molar-refractivity contribution is 6.01. The van der Waals surface area contributed by atoms with E-state index < -0.39 is 180 Å². The molecule has 0 radical (unpaired) electrons. The number of carbonyl (C=O) groups is 6. The van der Waals surface area contributed by atoms with Gasteiger partial charge in [0.25, 0.3) is 11.8 Å². The average molecular weight is 1020 g/mol. The summed E-state index contributed by atoms with van der Waals surface area (Å²) in [7, 11) is 0. The molecule has 4 heterocycles. The summed E-state index contributed by atoms with van der Waals surface area (Å²) in [4.78, 5) is 81.4. The van der Waals surface area contributed by atoms with Gasteiger partial charge in [0.2, 0.25) is 17.7 Å². The maximum atomic E-state index is 13.7. The van der Waals surface area contributed by atoms with Crippen LogP contribution in [-0.4, -0.2) is 277 Å². The Morgan fingerprint density at radius 2 is 1.01 bits per heavy atom. The van der Waals surface area contributed by atoms with Crippen molar-refractivity contribution in [3.63, 3.8) is 0 Å². The van der Waals surface area contributed by atoms with Crippen LogP contribution in [0.4, 0.5) is 0 Å². The summed E-state index contributed by atoms with van der Waals surface area (Å²) < 4.78 is 32.6. The maximum Gasteiger partial charge on any atom is 0.333 e. The first kappa shape index (κ1) is 58.8. The molecule has 4 rings (SSSR count). The third-order valence-electron chi connectivity index (χ3n) is 11.5. The number of carbonyl (C=O) groups excluding carboxylic acids is 6. The lowest BCUT2D eigenvalue weighted by molar-refractivity contribution is -0.304. The van der Waals surface area contributed by atoms with Crippen LogP contribution in [0.2, 0.25) is 0 Å². The molecule has 70 heavy (non-hydrogen) atoms. The number of nitrogens with zero attached hydrogens (tertiary/aromatic N) is 2. The topological polar surface area (TPSA) is 452 Å². The zero-order valence-electron chi connectivity index (χ0n) is 38.0. The van der Waals surface area contributed by atoms with Crippen molar-refractivity contribution in [3.8, 4) is 0 Å². The lowest BCUT2D eigenvalue weighted by Gasteiger charge is -2.40. The number of hydrogen-bond acceptors (Lipinski definition) is 26.